The van der Waals surface area contributed by atoms with E-state index in [9.17, 15) is 4.39 Å². The molecule has 0 fully saturated rings. The van der Waals surface area contributed by atoms with E-state index in [1.165, 1.54) is 16.9 Å². The summed E-state index contributed by atoms with van der Waals surface area (Å²) in [6.07, 6.45) is 0. The molecule has 0 spiro atoms. The summed E-state index contributed by atoms with van der Waals surface area (Å²) in [7, 11) is 1.69. The van der Waals surface area contributed by atoms with Crippen molar-refractivity contribution >= 4 is 0 Å². The summed E-state index contributed by atoms with van der Waals surface area (Å²) in [5, 5.41) is 14.7. The Balaban J connectivity index is 2.05. The molecule has 7 heteroatoms. The van der Waals surface area contributed by atoms with E-state index >= 15 is 0 Å². The van der Waals surface area contributed by atoms with Gasteiger partial charge in [-0.15, -0.1) is 10.2 Å². The maximum atomic E-state index is 13.2. The van der Waals surface area contributed by atoms with Gasteiger partial charge in [0.2, 0.25) is 5.82 Å². The summed E-state index contributed by atoms with van der Waals surface area (Å²) < 4.78 is 18.8. The lowest BCUT2D eigenvalue weighted by molar-refractivity contribution is 0.291. The van der Waals surface area contributed by atoms with Crippen molar-refractivity contribution in [2.75, 3.05) is 6.54 Å². The number of rotatable bonds is 6. The van der Waals surface area contributed by atoms with E-state index in [1.54, 1.807) is 13.1 Å². The van der Waals surface area contributed by atoms with Crippen LogP contribution in [0.25, 0.3) is 0 Å². The molecule has 0 unspecified atom stereocenters. The second-order valence-electron chi connectivity index (χ2n) is 4.02. The lowest BCUT2D eigenvalue weighted by atomic mass is 10.2. The van der Waals surface area contributed by atoms with Gasteiger partial charge in [-0.25, -0.2) is 4.39 Å². The normalized spacial score (nSPS) is 10.7. The molecule has 0 aliphatic rings. The first-order valence-corrected chi connectivity index (χ1v) is 6.04. The lowest BCUT2D eigenvalue weighted by Gasteiger charge is -2.10. The first-order valence-electron chi connectivity index (χ1n) is 6.04. The summed E-state index contributed by atoms with van der Waals surface area (Å²) in [4.78, 5) is 1.36. The molecular formula is C12H16FN5O. The minimum absolute atomic E-state index is 0.207. The van der Waals surface area contributed by atoms with Crippen molar-refractivity contribution in [1.82, 2.24) is 25.5 Å². The number of hydrogen-bond donors (Lipinski definition) is 1. The predicted molar refractivity (Wildman–Crippen MR) is 66.9 cm³/mol. The maximum absolute atomic E-state index is 13.2. The second kappa shape index (κ2) is 6.24. The zero-order valence-corrected chi connectivity index (χ0v) is 10.9. The molecule has 0 aliphatic heterocycles. The Bertz CT molecular complexity index is 543. The second-order valence-corrected chi connectivity index (χ2v) is 4.02. The fourth-order valence-electron chi connectivity index (χ4n) is 1.61. The van der Waals surface area contributed by atoms with Gasteiger partial charge in [0.05, 0.1) is 7.05 Å². The number of benzene rings is 1. The van der Waals surface area contributed by atoms with Crippen LogP contribution >= 0.6 is 0 Å². The smallest absolute Gasteiger partial charge is 0.212 e. The molecular weight excluding hydrogens is 249 g/mol. The van der Waals surface area contributed by atoms with Crippen LogP contribution in [0, 0.1) is 5.82 Å². The SMILES string of the molecule is CCNCc1cc(F)ccc1OCc1nnn(C)n1. The summed E-state index contributed by atoms with van der Waals surface area (Å²) >= 11 is 0. The van der Waals surface area contributed by atoms with E-state index in [2.05, 4.69) is 20.7 Å². The van der Waals surface area contributed by atoms with E-state index in [-0.39, 0.29) is 12.4 Å². The Labute approximate surface area is 110 Å². The van der Waals surface area contributed by atoms with Crippen LogP contribution in [0.3, 0.4) is 0 Å². The molecule has 1 aromatic carbocycles. The van der Waals surface area contributed by atoms with Crippen LogP contribution in [-0.4, -0.2) is 26.8 Å². The molecule has 2 rings (SSSR count). The molecule has 0 aliphatic carbocycles. The molecule has 0 saturated carbocycles. The Morgan fingerprint density at radius 2 is 2.26 bits per heavy atom. The van der Waals surface area contributed by atoms with Gasteiger partial charge in [-0.3, -0.25) is 0 Å². The fraction of sp³-hybridized carbons (Fsp3) is 0.417. The van der Waals surface area contributed by atoms with Crippen LogP contribution in [0.15, 0.2) is 18.2 Å². The molecule has 6 nitrogen and oxygen atoms in total. The molecule has 19 heavy (non-hydrogen) atoms. The fourth-order valence-corrected chi connectivity index (χ4v) is 1.61. The Kier molecular flexibility index (Phi) is 4.40. The summed E-state index contributed by atoms with van der Waals surface area (Å²) in [6, 6.07) is 4.44. The molecule has 1 aromatic heterocycles. The van der Waals surface area contributed by atoms with Gasteiger partial charge in [0.25, 0.3) is 0 Å². The Morgan fingerprint density at radius 1 is 1.42 bits per heavy atom. The number of aromatic nitrogens is 4. The number of hydrogen-bond acceptors (Lipinski definition) is 5. The number of ether oxygens (including phenoxy) is 1. The van der Waals surface area contributed by atoms with Gasteiger partial charge in [-0.2, -0.15) is 4.80 Å². The third-order valence-corrected chi connectivity index (χ3v) is 2.49. The number of halogens is 1. The van der Waals surface area contributed by atoms with Gasteiger partial charge < -0.3 is 10.1 Å². The number of tetrazole rings is 1. The number of aryl methyl sites for hydroxylation is 1. The molecule has 0 radical (unpaired) electrons. The van der Waals surface area contributed by atoms with Crippen molar-refractivity contribution in [1.29, 1.82) is 0 Å². The van der Waals surface area contributed by atoms with Crippen LogP contribution < -0.4 is 10.1 Å². The molecule has 0 atom stereocenters. The average molecular weight is 265 g/mol. The standard InChI is InChI=1S/C12H16FN5O/c1-3-14-7-9-6-10(13)4-5-11(9)19-8-12-15-17-18(2)16-12/h4-6,14H,3,7-8H2,1-2H3. The molecule has 0 saturated heterocycles. The van der Waals surface area contributed by atoms with Gasteiger partial charge in [-0.05, 0) is 30.0 Å². The van der Waals surface area contributed by atoms with Gasteiger partial charge >= 0.3 is 0 Å². The van der Waals surface area contributed by atoms with Crippen molar-refractivity contribution < 1.29 is 9.13 Å². The van der Waals surface area contributed by atoms with E-state index in [4.69, 9.17) is 4.74 Å². The monoisotopic (exact) mass is 265 g/mol. The minimum atomic E-state index is -0.280. The van der Waals surface area contributed by atoms with Crippen molar-refractivity contribution in [2.45, 2.75) is 20.1 Å². The summed E-state index contributed by atoms with van der Waals surface area (Å²) in [6.45, 7) is 3.56. The first-order chi connectivity index (χ1) is 9.19. The highest BCUT2D eigenvalue weighted by Gasteiger charge is 2.07. The van der Waals surface area contributed by atoms with Crippen LogP contribution in [0.4, 0.5) is 4.39 Å². The highest BCUT2D eigenvalue weighted by molar-refractivity contribution is 5.33. The lowest BCUT2D eigenvalue weighted by Crippen LogP contribution is -2.13. The molecule has 102 valence electrons. The summed E-state index contributed by atoms with van der Waals surface area (Å²) in [5.74, 6) is 0.828. The topological polar surface area (TPSA) is 64.9 Å². The third kappa shape index (κ3) is 3.72. The van der Waals surface area contributed by atoms with E-state index in [1.807, 2.05) is 6.92 Å². The third-order valence-electron chi connectivity index (χ3n) is 2.49. The number of nitrogens with one attached hydrogen (secondary N) is 1. The van der Waals surface area contributed by atoms with Gasteiger partial charge in [0.15, 0.2) is 6.61 Å². The van der Waals surface area contributed by atoms with Crippen molar-refractivity contribution in [2.24, 2.45) is 7.05 Å². The van der Waals surface area contributed by atoms with E-state index in [0.29, 0.717) is 18.1 Å². The van der Waals surface area contributed by atoms with Crippen LogP contribution in [0.1, 0.15) is 18.3 Å². The van der Waals surface area contributed by atoms with Crippen molar-refractivity contribution in [3.05, 3.63) is 35.4 Å². The van der Waals surface area contributed by atoms with Crippen LogP contribution in [-0.2, 0) is 20.2 Å². The molecule has 1 heterocycles. The maximum Gasteiger partial charge on any atom is 0.212 e. The minimum Gasteiger partial charge on any atom is -0.485 e. The molecule has 2 aromatic rings. The Morgan fingerprint density at radius 3 is 2.95 bits per heavy atom. The summed E-state index contributed by atoms with van der Waals surface area (Å²) in [5.41, 5.74) is 0.769. The molecule has 0 bridgehead atoms. The van der Waals surface area contributed by atoms with Crippen molar-refractivity contribution in [3.63, 3.8) is 0 Å². The quantitative estimate of drug-likeness (QED) is 0.845. The van der Waals surface area contributed by atoms with Crippen LogP contribution in [0.2, 0.25) is 0 Å². The van der Waals surface area contributed by atoms with Gasteiger partial charge in [-0.1, -0.05) is 6.92 Å². The zero-order chi connectivity index (χ0) is 13.7. The zero-order valence-electron chi connectivity index (χ0n) is 10.9. The Hall–Kier alpha value is -2.02. The van der Waals surface area contributed by atoms with Crippen LogP contribution in [0.5, 0.6) is 5.75 Å². The van der Waals surface area contributed by atoms with E-state index in [0.717, 1.165) is 12.1 Å². The highest BCUT2D eigenvalue weighted by Crippen LogP contribution is 2.20. The van der Waals surface area contributed by atoms with Gasteiger partial charge in [0, 0.05) is 12.1 Å². The number of nitrogens with zero attached hydrogens (tertiary/aromatic N) is 4. The largest absolute Gasteiger partial charge is 0.485 e. The first kappa shape index (κ1) is 13.4. The van der Waals surface area contributed by atoms with Gasteiger partial charge in [0.1, 0.15) is 11.6 Å². The predicted octanol–water partition coefficient (Wildman–Crippen LogP) is 1.04. The highest BCUT2D eigenvalue weighted by atomic mass is 19.1. The molecule has 1 N–H and O–H groups in total. The average Bonchev–Trinajstić information content (AvgIpc) is 2.81. The van der Waals surface area contributed by atoms with E-state index < -0.39 is 0 Å². The molecule has 0 amide bonds. The van der Waals surface area contributed by atoms with Crippen molar-refractivity contribution in [3.8, 4) is 5.75 Å².